The SMILES string of the molecule is CC(C)c1cc(Br)nc(C(C)C)c1NC(=O)/N=C(/c1cc(Cl)c(-c2ccccc2F)nc1Cl)N1C[C@@H](C)N(C(=O)O)C[C@@H]1C. The molecule has 4 rings (SSSR count). The van der Waals surface area contributed by atoms with E-state index in [9.17, 15) is 19.1 Å². The Kier molecular flexibility index (Phi) is 10.5. The summed E-state index contributed by atoms with van der Waals surface area (Å²) in [7, 11) is 0. The van der Waals surface area contributed by atoms with Crippen LogP contribution in [0.15, 0.2) is 46.0 Å². The summed E-state index contributed by atoms with van der Waals surface area (Å²) in [5, 5.41) is 12.7. The van der Waals surface area contributed by atoms with E-state index in [1.165, 1.54) is 17.0 Å². The van der Waals surface area contributed by atoms with Gasteiger partial charge in [-0.25, -0.2) is 23.9 Å². The van der Waals surface area contributed by atoms with E-state index >= 15 is 0 Å². The number of aromatic nitrogens is 2. The second-order valence-corrected chi connectivity index (χ2v) is 13.0. The predicted octanol–water partition coefficient (Wildman–Crippen LogP) is 8.65. The second kappa shape index (κ2) is 13.8. The number of halogens is 4. The Bertz CT molecular complexity index is 1590. The fraction of sp³-hybridized carbons (Fsp3) is 0.387. The van der Waals surface area contributed by atoms with Gasteiger partial charge in [0.15, 0.2) is 0 Å². The molecular formula is C31H34BrCl2FN6O3. The molecule has 3 heterocycles. The fourth-order valence-electron chi connectivity index (χ4n) is 5.22. The van der Waals surface area contributed by atoms with Crippen molar-refractivity contribution in [1.29, 1.82) is 0 Å². The number of amides is 3. The molecule has 0 radical (unpaired) electrons. The zero-order chi connectivity index (χ0) is 32.5. The Labute approximate surface area is 274 Å². The summed E-state index contributed by atoms with van der Waals surface area (Å²) in [6, 6.07) is 7.94. The van der Waals surface area contributed by atoms with Crippen LogP contribution in [0.5, 0.6) is 0 Å². The van der Waals surface area contributed by atoms with Gasteiger partial charge in [0.1, 0.15) is 21.4 Å². The number of hydrogen-bond donors (Lipinski definition) is 2. The van der Waals surface area contributed by atoms with Crippen LogP contribution in [-0.4, -0.2) is 68.0 Å². The monoisotopic (exact) mass is 706 g/mol. The standard InChI is InChI=1S/C31H34BrCl2FN6O3/c1-15(2)20-12-24(32)36-25(16(3)4)27(20)38-30(42)39-29(40-13-18(6)41(31(43)44)14-17(40)5)21-11-22(33)26(37-28(21)34)19-9-7-8-10-23(19)35/h7-12,15-18H,13-14H2,1-6H3,(H,38,42)(H,43,44)/b39-29-/t17-,18+/m0/s1. The summed E-state index contributed by atoms with van der Waals surface area (Å²) >= 11 is 16.9. The Morgan fingerprint density at radius 1 is 1.05 bits per heavy atom. The number of carboxylic acid groups (broad SMARTS) is 1. The Morgan fingerprint density at radius 2 is 1.68 bits per heavy atom. The van der Waals surface area contributed by atoms with Gasteiger partial charge in [0, 0.05) is 30.7 Å². The molecule has 1 aliphatic heterocycles. The van der Waals surface area contributed by atoms with Crippen molar-refractivity contribution in [2.75, 3.05) is 18.4 Å². The minimum atomic E-state index is -1.04. The van der Waals surface area contributed by atoms with Crippen LogP contribution in [0.25, 0.3) is 11.3 Å². The molecular weight excluding hydrogens is 674 g/mol. The van der Waals surface area contributed by atoms with Crippen molar-refractivity contribution in [2.24, 2.45) is 4.99 Å². The number of hydrogen-bond acceptors (Lipinski definition) is 4. The maximum absolute atomic E-state index is 14.6. The molecule has 0 saturated carbocycles. The topological polar surface area (TPSA) is 111 Å². The highest BCUT2D eigenvalue weighted by Crippen LogP contribution is 2.35. The molecule has 2 aromatic heterocycles. The number of benzene rings is 1. The van der Waals surface area contributed by atoms with Gasteiger partial charge in [0.2, 0.25) is 0 Å². The molecule has 0 bridgehead atoms. The number of urea groups is 1. The maximum atomic E-state index is 14.6. The zero-order valence-electron chi connectivity index (χ0n) is 25.2. The van der Waals surface area contributed by atoms with E-state index in [-0.39, 0.29) is 63.8 Å². The van der Waals surface area contributed by atoms with Gasteiger partial charge in [-0.15, -0.1) is 0 Å². The molecule has 13 heteroatoms. The molecule has 0 spiro atoms. The van der Waals surface area contributed by atoms with Crippen molar-refractivity contribution in [1.82, 2.24) is 19.8 Å². The van der Waals surface area contributed by atoms with Crippen LogP contribution in [0, 0.1) is 5.82 Å². The van der Waals surface area contributed by atoms with Crippen molar-refractivity contribution in [2.45, 2.75) is 65.5 Å². The Hall–Kier alpha value is -3.28. The quantitative estimate of drug-likeness (QED) is 0.156. The van der Waals surface area contributed by atoms with Gasteiger partial charge in [-0.2, -0.15) is 4.99 Å². The number of pyridine rings is 2. The number of nitrogens with one attached hydrogen (secondary N) is 1. The summed E-state index contributed by atoms with van der Waals surface area (Å²) < 4.78 is 15.3. The molecule has 0 unspecified atom stereocenters. The summed E-state index contributed by atoms with van der Waals surface area (Å²) in [5.41, 5.74) is 2.71. The first-order valence-electron chi connectivity index (χ1n) is 14.2. The first kappa shape index (κ1) is 33.6. The number of rotatable bonds is 5. The van der Waals surface area contributed by atoms with E-state index < -0.39 is 24.0 Å². The van der Waals surface area contributed by atoms with Crippen LogP contribution in [0.2, 0.25) is 10.2 Å². The largest absolute Gasteiger partial charge is 0.465 e. The first-order valence-corrected chi connectivity index (χ1v) is 15.7. The predicted molar refractivity (Wildman–Crippen MR) is 176 cm³/mol. The number of carbonyl (C=O) groups excluding carboxylic acids is 1. The molecule has 1 aliphatic rings. The van der Waals surface area contributed by atoms with Crippen LogP contribution < -0.4 is 5.32 Å². The third-order valence-corrected chi connectivity index (χ3v) is 8.44. The average molecular weight is 708 g/mol. The number of carbonyl (C=O) groups is 2. The molecule has 9 nitrogen and oxygen atoms in total. The van der Waals surface area contributed by atoms with Crippen molar-refractivity contribution in [3.05, 3.63) is 73.8 Å². The molecule has 2 atom stereocenters. The molecule has 2 N–H and O–H groups in total. The third kappa shape index (κ3) is 7.16. The molecule has 44 heavy (non-hydrogen) atoms. The smallest absolute Gasteiger partial charge is 0.407 e. The molecule has 0 aliphatic carbocycles. The summed E-state index contributed by atoms with van der Waals surface area (Å²) in [6.07, 6.45) is -1.04. The number of anilines is 1. The van der Waals surface area contributed by atoms with Gasteiger partial charge in [-0.1, -0.05) is 63.0 Å². The first-order chi connectivity index (χ1) is 20.7. The van der Waals surface area contributed by atoms with E-state index in [2.05, 4.69) is 36.2 Å². The second-order valence-electron chi connectivity index (χ2n) is 11.4. The number of aliphatic imine (C=N–C) groups is 1. The fourth-order valence-corrected chi connectivity index (χ4v) is 6.14. The normalized spacial score (nSPS) is 17.4. The van der Waals surface area contributed by atoms with Gasteiger partial charge in [0.05, 0.1) is 27.7 Å². The molecule has 234 valence electrons. The lowest BCUT2D eigenvalue weighted by Crippen LogP contribution is -2.59. The summed E-state index contributed by atoms with van der Waals surface area (Å²) in [5.74, 6) is -0.291. The van der Waals surface area contributed by atoms with Crippen LogP contribution >= 0.6 is 39.1 Å². The van der Waals surface area contributed by atoms with Crippen molar-refractivity contribution in [3.63, 3.8) is 0 Å². The van der Waals surface area contributed by atoms with Crippen LogP contribution in [-0.2, 0) is 0 Å². The number of amidine groups is 1. The van der Waals surface area contributed by atoms with Gasteiger partial charge >= 0.3 is 12.1 Å². The molecule has 3 aromatic rings. The van der Waals surface area contributed by atoms with E-state index in [1.807, 2.05) is 45.6 Å². The minimum Gasteiger partial charge on any atom is -0.465 e. The van der Waals surface area contributed by atoms with Crippen molar-refractivity contribution < 1.29 is 19.1 Å². The lowest BCUT2D eigenvalue weighted by atomic mass is 9.97. The third-order valence-electron chi connectivity index (χ3n) is 7.46. The molecule has 1 fully saturated rings. The van der Waals surface area contributed by atoms with Crippen LogP contribution in [0.4, 0.5) is 19.7 Å². The molecule has 1 aromatic carbocycles. The highest BCUT2D eigenvalue weighted by Gasteiger charge is 2.35. The van der Waals surface area contributed by atoms with E-state index in [0.29, 0.717) is 16.0 Å². The van der Waals surface area contributed by atoms with E-state index in [4.69, 9.17) is 23.2 Å². The zero-order valence-corrected chi connectivity index (χ0v) is 28.3. The van der Waals surface area contributed by atoms with Crippen LogP contribution in [0.3, 0.4) is 0 Å². The van der Waals surface area contributed by atoms with Gasteiger partial charge in [-0.05, 0) is 71.4 Å². The maximum Gasteiger partial charge on any atom is 0.407 e. The highest BCUT2D eigenvalue weighted by molar-refractivity contribution is 9.10. The lowest BCUT2D eigenvalue weighted by molar-refractivity contribution is 0.0750. The highest BCUT2D eigenvalue weighted by atomic mass is 79.9. The Balaban J connectivity index is 1.85. The average Bonchev–Trinajstić information content (AvgIpc) is 2.94. The van der Waals surface area contributed by atoms with Crippen molar-refractivity contribution >= 4 is 62.8 Å². The van der Waals surface area contributed by atoms with Gasteiger partial charge in [0.25, 0.3) is 0 Å². The molecule has 3 amide bonds. The van der Waals surface area contributed by atoms with Gasteiger partial charge < -0.3 is 20.2 Å². The number of nitrogens with zero attached hydrogens (tertiary/aromatic N) is 5. The van der Waals surface area contributed by atoms with Crippen molar-refractivity contribution in [3.8, 4) is 11.3 Å². The molecule has 1 saturated heterocycles. The van der Waals surface area contributed by atoms with Crippen LogP contribution in [0.1, 0.15) is 70.2 Å². The van der Waals surface area contributed by atoms with E-state index in [0.717, 1.165) is 5.56 Å². The van der Waals surface area contributed by atoms with E-state index in [1.54, 1.807) is 25.1 Å². The number of piperazine rings is 1. The lowest BCUT2D eigenvalue weighted by Gasteiger charge is -2.44. The van der Waals surface area contributed by atoms with Gasteiger partial charge in [-0.3, -0.25) is 0 Å². The minimum absolute atomic E-state index is 0.00269. The summed E-state index contributed by atoms with van der Waals surface area (Å²) in [6.45, 7) is 12.0. The summed E-state index contributed by atoms with van der Waals surface area (Å²) in [4.78, 5) is 42.3. The Morgan fingerprint density at radius 3 is 2.30 bits per heavy atom.